The van der Waals surface area contributed by atoms with E-state index in [1.165, 1.54) is 43.5 Å². The molecule has 6 heteroatoms. The molecule has 0 aromatic heterocycles. The van der Waals surface area contributed by atoms with Crippen molar-refractivity contribution in [2.75, 3.05) is 12.6 Å². The predicted molar refractivity (Wildman–Crippen MR) is 73.2 cm³/mol. The molecule has 2 aromatic carbocycles. The van der Waals surface area contributed by atoms with Crippen LogP contribution in [0.1, 0.15) is 20.7 Å². The number of carbonyl (C=O) groups excluding carboxylic acids is 2. The summed E-state index contributed by atoms with van der Waals surface area (Å²) < 4.78 is 17.3. The molecule has 0 fully saturated rings. The van der Waals surface area contributed by atoms with E-state index in [9.17, 15) is 14.0 Å². The van der Waals surface area contributed by atoms with E-state index in [0.717, 1.165) is 0 Å². The Hall–Kier alpha value is -2.89. The Labute approximate surface area is 120 Å². The normalized spacial score (nSPS) is 9.81. The quantitative estimate of drug-likeness (QED) is 0.692. The number of rotatable bonds is 4. The van der Waals surface area contributed by atoms with Gasteiger partial charge in [-0.2, -0.15) is 0 Å². The van der Waals surface area contributed by atoms with Crippen molar-refractivity contribution in [3.05, 3.63) is 65.5 Å². The van der Waals surface area contributed by atoms with Gasteiger partial charge in [0, 0.05) is 0 Å². The molecule has 108 valence electrons. The van der Waals surface area contributed by atoms with Crippen molar-refractivity contribution in [1.29, 1.82) is 0 Å². The number of ether oxygens (including phenoxy) is 1. The van der Waals surface area contributed by atoms with Crippen LogP contribution in [0, 0.1) is 5.82 Å². The number of hydrogen-bond acceptors (Lipinski definition) is 5. The van der Waals surface area contributed by atoms with Crippen LogP contribution in [0.3, 0.4) is 0 Å². The Morgan fingerprint density at radius 1 is 0.905 bits per heavy atom. The number of hydrogen-bond donors (Lipinski definition) is 1. The molecule has 0 bridgehead atoms. The summed E-state index contributed by atoms with van der Waals surface area (Å²) >= 11 is 0. The number of halogens is 1. The van der Waals surface area contributed by atoms with E-state index in [1.807, 2.05) is 0 Å². The van der Waals surface area contributed by atoms with Gasteiger partial charge in [-0.3, -0.25) is 0 Å². The minimum absolute atomic E-state index is 0.218. The molecule has 2 aromatic rings. The zero-order valence-corrected chi connectivity index (χ0v) is 11.1. The highest BCUT2D eigenvalue weighted by atomic mass is 19.1. The SMILES string of the molecule is COC(=O)c1ccc(NOC(=O)c2ccc(F)cc2)cc1. The fourth-order valence-electron chi connectivity index (χ4n) is 1.54. The second-order valence-electron chi connectivity index (χ2n) is 4.07. The summed E-state index contributed by atoms with van der Waals surface area (Å²) in [6.45, 7) is 0. The van der Waals surface area contributed by atoms with Crippen LogP contribution in [0.5, 0.6) is 0 Å². The third kappa shape index (κ3) is 3.79. The van der Waals surface area contributed by atoms with Crippen molar-refractivity contribution in [2.45, 2.75) is 0 Å². The number of carbonyl (C=O) groups is 2. The maximum atomic E-state index is 12.7. The average molecular weight is 289 g/mol. The average Bonchev–Trinajstić information content (AvgIpc) is 2.53. The number of benzene rings is 2. The topological polar surface area (TPSA) is 64.6 Å². The van der Waals surface area contributed by atoms with Crippen LogP contribution in [0.2, 0.25) is 0 Å². The largest absolute Gasteiger partial charge is 0.465 e. The molecule has 5 nitrogen and oxygen atoms in total. The van der Waals surface area contributed by atoms with E-state index in [1.54, 1.807) is 12.1 Å². The number of esters is 1. The van der Waals surface area contributed by atoms with Gasteiger partial charge in [-0.05, 0) is 48.5 Å². The summed E-state index contributed by atoms with van der Waals surface area (Å²) in [5, 5.41) is 0. The first kappa shape index (κ1) is 14.5. The summed E-state index contributed by atoms with van der Waals surface area (Å²) in [6.07, 6.45) is 0. The van der Waals surface area contributed by atoms with Gasteiger partial charge in [0.25, 0.3) is 0 Å². The van der Waals surface area contributed by atoms with Crippen molar-refractivity contribution in [3.8, 4) is 0 Å². The molecule has 0 atom stereocenters. The summed E-state index contributed by atoms with van der Waals surface area (Å²) in [6, 6.07) is 11.1. The molecular formula is C15H12FNO4. The first-order chi connectivity index (χ1) is 10.1. The first-order valence-corrected chi connectivity index (χ1v) is 6.01. The van der Waals surface area contributed by atoms with E-state index in [4.69, 9.17) is 4.84 Å². The van der Waals surface area contributed by atoms with Crippen molar-refractivity contribution >= 4 is 17.6 Å². The van der Waals surface area contributed by atoms with E-state index >= 15 is 0 Å². The highest BCUT2D eigenvalue weighted by Gasteiger charge is 2.08. The van der Waals surface area contributed by atoms with Crippen molar-refractivity contribution in [2.24, 2.45) is 0 Å². The van der Waals surface area contributed by atoms with Gasteiger partial charge in [-0.25, -0.2) is 19.5 Å². The molecule has 2 rings (SSSR count). The Bertz CT molecular complexity index is 638. The van der Waals surface area contributed by atoms with E-state index in [0.29, 0.717) is 11.3 Å². The van der Waals surface area contributed by atoms with Crippen LogP contribution in [-0.2, 0) is 9.57 Å². The molecule has 0 heterocycles. The van der Waals surface area contributed by atoms with Crippen molar-refractivity contribution in [3.63, 3.8) is 0 Å². The summed E-state index contributed by atoms with van der Waals surface area (Å²) in [5.74, 6) is -1.53. The maximum Gasteiger partial charge on any atom is 0.362 e. The van der Waals surface area contributed by atoms with Gasteiger partial charge in [-0.15, -0.1) is 0 Å². The standard InChI is InChI=1S/C15H12FNO4/c1-20-14(18)10-4-8-13(9-5-10)17-21-15(19)11-2-6-12(16)7-3-11/h2-9,17H,1H3. The number of methoxy groups -OCH3 is 1. The molecule has 21 heavy (non-hydrogen) atoms. The van der Waals surface area contributed by atoms with Crippen LogP contribution < -0.4 is 5.48 Å². The summed E-state index contributed by atoms with van der Waals surface area (Å²) in [7, 11) is 1.29. The third-order valence-corrected chi connectivity index (χ3v) is 2.65. The predicted octanol–water partition coefficient (Wildman–Crippen LogP) is 2.80. The van der Waals surface area contributed by atoms with Gasteiger partial charge >= 0.3 is 11.9 Å². The monoisotopic (exact) mass is 289 g/mol. The van der Waals surface area contributed by atoms with Gasteiger partial charge in [0.05, 0.1) is 23.9 Å². The smallest absolute Gasteiger partial charge is 0.362 e. The first-order valence-electron chi connectivity index (χ1n) is 6.01. The summed E-state index contributed by atoms with van der Waals surface area (Å²) in [4.78, 5) is 27.8. The minimum atomic E-state index is -0.646. The second kappa shape index (κ2) is 6.51. The zero-order valence-electron chi connectivity index (χ0n) is 11.1. The van der Waals surface area contributed by atoms with Crippen LogP contribution >= 0.6 is 0 Å². The van der Waals surface area contributed by atoms with Crippen LogP contribution in [0.4, 0.5) is 10.1 Å². The van der Waals surface area contributed by atoms with Crippen LogP contribution in [0.15, 0.2) is 48.5 Å². The fourth-order valence-corrected chi connectivity index (χ4v) is 1.54. The van der Waals surface area contributed by atoms with Crippen molar-refractivity contribution in [1.82, 2.24) is 0 Å². The van der Waals surface area contributed by atoms with E-state index < -0.39 is 17.8 Å². The molecule has 0 amide bonds. The Kier molecular flexibility index (Phi) is 4.50. The lowest BCUT2D eigenvalue weighted by atomic mass is 10.2. The fraction of sp³-hybridized carbons (Fsp3) is 0.0667. The van der Waals surface area contributed by atoms with Crippen LogP contribution in [-0.4, -0.2) is 19.0 Å². The minimum Gasteiger partial charge on any atom is -0.465 e. The molecule has 0 aliphatic carbocycles. The molecular weight excluding hydrogens is 277 g/mol. The molecule has 0 radical (unpaired) electrons. The molecule has 0 saturated heterocycles. The lowest BCUT2D eigenvalue weighted by Gasteiger charge is -2.07. The molecule has 0 aliphatic heterocycles. The molecule has 0 unspecified atom stereocenters. The lowest BCUT2D eigenvalue weighted by molar-refractivity contribution is 0.0587. The van der Waals surface area contributed by atoms with Gasteiger partial charge in [0.2, 0.25) is 0 Å². The van der Waals surface area contributed by atoms with E-state index in [2.05, 4.69) is 10.2 Å². The van der Waals surface area contributed by atoms with Gasteiger partial charge < -0.3 is 9.57 Å². The number of anilines is 1. The zero-order chi connectivity index (χ0) is 15.2. The van der Waals surface area contributed by atoms with Gasteiger partial charge in [-0.1, -0.05) is 0 Å². The van der Waals surface area contributed by atoms with Gasteiger partial charge in [0.1, 0.15) is 5.82 Å². The Morgan fingerprint density at radius 3 is 2.00 bits per heavy atom. The van der Waals surface area contributed by atoms with Gasteiger partial charge in [0.15, 0.2) is 0 Å². The maximum absolute atomic E-state index is 12.7. The Morgan fingerprint density at radius 2 is 1.43 bits per heavy atom. The summed E-state index contributed by atoms with van der Waals surface area (Å²) in [5.41, 5.74) is 3.53. The molecule has 0 saturated carbocycles. The highest BCUT2D eigenvalue weighted by Crippen LogP contribution is 2.11. The van der Waals surface area contributed by atoms with Crippen molar-refractivity contribution < 1.29 is 23.6 Å². The third-order valence-electron chi connectivity index (χ3n) is 2.65. The molecule has 0 aliphatic rings. The molecule has 0 spiro atoms. The number of nitrogens with one attached hydrogen (secondary N) is 1. The Balaban J connectivity index is 1.95. The van der Waals surface area contributed by atoms with E-state index in [-0.39, 0.29) is 5.56 Å². The lowest BCUT2D eigenvalue weighted by Crippen LogP contribution is -2.11. The molecule has 1 N–H and O–H groups in total. The highest BCUT2D eigenvalue weighted by molar-refractivity contribution is 5.90. The van der Waals surface area contributed by atoms with Crippen LogP contribution in [0.25, 0.3) is 0 Å². The second-order valence-corrected chi connectivity index (χ2v) is 4.07.